The summed E-state index contributed by atoms with van der Waals surface area (Å²) >= 11 is 0. The fourth-order valence-electron chi connectivity index (χ4n) is 2.41. The van der Waals surface area contributed by atoms with Crippen LogP contribution in [-0.2, 0) is 27.4 Å². The topological polar surface area (TPSA) is 44.8 Å². The van der Waals surface area contributed by atoms with E-state index in [1.807, 2.05) is 30.3 Å². The Kier molecular flexibility index (Phi) is 4.71. The maximum Gasteiger partial charge on any atom is 0.338 e. The van der Waals surface area contributed by atoms with Crippen LogP contribution < -0.4 is 0 Å². The van der Waals surface area contributed by atoms with Gasteiger partial charge in [-0.1, -0.05) is 24.3 Å². The molecule has 0 saturated carbocycles. The van der Waals surface area contributed by atoms with Gasteiger partial charge in [-0.05, 0) is 22.4 Å². The van der Waals surface area contributed by atoms with E-state index in [-0.39, 0.29) is 5.97 Å². The van der Waals surface area contributed by atoms with E-state index in [4.69, 9.17) is 14.2 Å². The van der Waals surface area contributed by atoms with Gasteiger partial charge < -0.3 is 14.2 Å². The number of hydrogen-bond acceptors (Lipinski definition) is 4. The van der Waals surface area contributed by atoms with Crippen LogP contribution >= 0.6 is 0 Å². The maximum absolute atomic E-state index is 12.1. The van der Waals surface area contributed by atoms with E-state index in [9.17, 15) is 4.79 Å². The molecule has 0 aliphatic rings. The SMILES string of the molecule is COCc1cc2ccccc2c(COC)c1C(=O)OC. The van der Waals surface area contributed by atoms with Crippen LogP contribution in [-0.4, -0.2) is 27.3 Å². The summed E-state index contributed by atoms with van der Waals surface area (Å²) in [5.41, 5.74) is 2.18. The predicted molar refractivity (Wildman–Crippen MR) is 76.7 cm³/mol. The zero-order chi connectivity index (χ0) is 14.5. The van der Waals surface area contributed by atoms with E-state index < -0.39 is 0 Å². The second-order valence-electron chi connectivity index (χ2n) is 4.47. The van der Waals surface area contributed by atoms with Gasteiger partial charge in [0.05, 0.1) is 25.9 Å². The third kappa shape index (κ3) is 2.66. The highest BCUT2D eigenvalue weighted by atomic mass is 16.5. The Hall–Kier alpha value is -1.91. The molecule has 0 atom stereocenters. The van der Waals surface area contributed by atoms with Crippen molar-refractivity contribution >= 4 is 16.7 Å². The molecular formula is C16H18O4. The van der Waals surface area contributed by atoms with Crippen molar-refractivity contribution in [1.29, 1.82) is 0 Å². The third-order valence-electron chi connectivity index (χ3n) is 3.22. The van der Waals surface area contributed by atoms with Crippen LogP contribution in [0.1, 0.15) is 21.5 Å². The van der Waals surface area contributed by atoms with Crippen molar-refractivity contribution in [2.45, 2.75) is 13.2 Å². The molecule has 4 heteroatoms. The molecule has 106 valence electrons. The molecule has 2 aromatic carbocycles. The highest BCUT2D eigenvalue weighted by molar-refractivity contribution is 6.00. The van der Waals surface area contributed by atoms with E-state index in [1.54, 1.807) is 14.2 Å². The molecule has 20 heavy (non-hydrogen) atoms. The minimum Gasteiger partial charge on any atom is -0.465 e. The van der Waals surface area contributed by atoms with Crippen molar-refractivity contribution in [3.63, 3.8) is 0 Å². The van der Waals surface area contributed by atoms with Gasteiger partial charge >= 0.3 is 5.97 Å². The molecule has 0 fully saturated rings. The Morgan fingerprint density at radius 3 is 2.40 bits per heavy atom. The van der Waals surface area contributed by atoms with Gasteiger partial charge in [0.25, 0.3) is 0 Å². The van der Waals surface area contributed by atoms with Crippen molar-refractivity contribution in [3.05, 3.63) is 47.0 Å². The van der Waals surface area contributed by atoms with Crippen molar-refractivity contribution in [1.82, 2.24) is 0 Å². The quantitative estimate of drug-likeness (QED) is 0.786. The molecule has 2 aromatic rings. The van der Waals surface area contributed by atoms with Crippen LogP contribution in [0.3, 0.4) is 0 Å². The number of methoxy groups -OCH3 is 3. The summed E-state index contributed by atoms with van der Waals surface area (Å²) in [7, 11) is 4.59. The lowest BCUT2D eigenvalue weighted by Gasteiger charge is -2.15. The van der Waals surface area contributed by atoms with Gasteiger partial charge in [-0.2, -0.15) is 0 Å². The van der Waals surface area contributed by atoms with Gasteiger partial charge in [-0.25, -0.2) is 4.79 Å². The van der Waals surface area contributed by atoms with Crippen LogP contribution in [0.2, 0.25) is 0 Å². The lowest BCUT2D eigenvalue weighted by Crippen LogP contribution is -2.12. The molecule has 2 rings (SSSR count). The Labute approximate surface area is 118 Å². The summed E-state index contributed by atoms with van der Waals surface area (Å²) in [4.78, 5) is 12.1. The van der Waals surface area contributed by atoms with E-state index >= 15 is 0 Å². The number of hydrogen-bond donors (Lipinski definition) is 0. The zero-order valence-corrected chi connectivity index (χ0v) is 11.9. The first-order chi connectivity index (χ1) is 9.72. The minimum atomic E-state index is -0.366. The van der Waals surface area contributed by atoms with Gasteiger partial charge in [0.1, 0.15) is 0 Å². The average molecular weight is 274 g/mol. The molecule has 0 amide bonds. The van der Waals surface area contributed by atoms with Crippen LogP contribution in [0, 0.1) is 0 Å². The molecule has 0 radical (unpaired) electrons. The Morgan fingerprint density at radius 2 is 1.75 bits per heavy atom. The summed E-state index contributed by atoms with van der Waals surface area (Å²) in [6.07, 6.45) is 0. The van der Waals surface area contributed by atoms with Crippen molar-refractivity contribution in [3.8, 4) is 0 Å². The Morgan fingerprint density at radius 1 is 1.05 bits per heavy atom. The third-order valence-corrected chi connectivity index (χ3v) is 3.22. The number of carbonyl (C=O) groups is 1. The van der Waals surface area contributed by atoms with Crippen LogP contribution in [0.4, 0.5) is 0 Å². The number of ether oxygens (including phenoxy) is 3. The van der Waals surface area contributed by atoms with Crippen molar-refractivity contribution < 1.29 is 19.0 Å². The number of benzene rings is 2. The van der Waals surface area contributed by atoms with Gasteiger partial charge in [-0.15, -0.1) is 0 Å². The molecule has 0 aliphatic carbocycles. The van der Waals surface area contributed by atoms with E-state index in [0.29, 0.717) is 18.8 Å². The number of carbonyl (C=O) groups excluding carboxylic acids is 1. The largest absolute Gasteiger partial charge is 0.465 e. The molecule has 0 unspecified atom stereocenters. The van der Waals surface area contributed by atoms with Gasteiger partial charge in [0, 0.05) is 19.8 Å². The molecule has 4 nitrogen and oxygen atoms in total. The fourth-order valence-corrected chi connectivity index (χ4v) is 2.41. The predicted octanol–water partition coefficient (Wildman–Crippen LogP) is 2.92. The first kappa shape index (κ1) is 14.5. The van der Waals surface area contributed by atoms with Gasteiger partial charge in [0.15, 0.2) is 0 Å². The molecule has 0 aliphatic heterocycles. The summed E-state index contributed by atoms with van der Waals surface area (Å²) < 4.78 is 15.4. The van der Waals surface area contributed by atoms with Crippen LogP contribution in [0.25, 0.3) is 10.8 Å². The highest BCUT2D eigenvalue weighted by Gasteiger charge is 2.20. The van der Waals surface area contributed by atoms with Gasteiger partial charge in [-0.3, -0.25) is 0 Å². The summed E-state index contributed by atoms with van der Waals surface area (Å²) in [5.74, 6) is -0.366. The standard InChI is InChI=1S/C16H18O4/c1-18-9-12-8-11-6-4-5-7-13(11)14(10-19-2)15(12)16(17)20-3/h4-8H,9-10H2,1-3H3. The molecular weight excluding hydrogens is 256 g/mol. The van der Waals surface area contributed by atoms with E-state index in [1.165, 1.54) is 7.11 Å². The lowest BCUT2D eigenvalue weighted by atomic mass is 9.94. The number of rotatable bonds is 5. The number of fused-ring (bicyclic) bond motifs is 1. The molecule has 0 bridgehead atoms. The van der Waals surface area contributed by atoms with Gasteiger partial charge in [0.2, 0.25) is 0 Å². The monoisotopic (exact) mass is 274 g/mol. The highest BCUT2D eigenvalue weighted by Crippen LogP contribution is 2.28. The normalized spacial score (nSPS) is 10.8. The smallest absolute Gasteiger partial charge is 0.338 e. The molecule has 0 spiro atoms. The number of esters is 1. The molecule has 0 heterocycles. The second-order valence-corrected chi connectivity index (χ2v) is 4.47. The van der Waals surface area contributed by atoms with E-state index in [2.05, 4.69) is 0 Å². The summed E-state index contributed by atoms with van der Waals surface area (Å²) in [6.45, 7) is 0.703. The van der Waals surface area contributed by atoms with Crippen molar-refractivity contribution in [2.24, 2.45) is 0 Å². The first-order valence-electron chi connectivity index (χ1n) is 6.32. The zero-order valence-electron chi connectivity index (χ0n) is 11.9. The lowest BCUT2D eigenvalue weighted by molar-refractivity contribution is 0.0591. The maximum atomic E-state index is 12.1. The molecule has 0 saturated heterocycles. The van der Waals surface area contributed by atoms with Crippen molar-refractivity contribution in [2.75, 3.05) is 21.3 Å². The summed E-state index contributed by atoms with van der Waals surface area (Å²) in [6, 6.07) is 9.86. The molecule has 0 aromatic heterocycles. The second kappa shape index (κ2) is 6.50. The van der Waals surface area contributed by atoms with Crippen LogP contribution in [0.5, 0.6) is 0 Å². The van der Waals surface area contributed by atoms with Crippen LogP contribution in [0.15, 0.2) is 30.3 Å². The Bertz CT molecular complexity index is 619. The van der Waals surface area contributed by atoms with E-state index in [0.717, 1.165) is 21.9 Å². The molecule has 0 N–H and O–H groups in total. The first-order valence-corrected chi connectivity index (χ1v) is 6.32. The summed E-state index contributed by atoms with van der Waals surface area (Å²) in [5, 5.41) is 2.05. The Balaban J connectivity index is 2.77. The fraction of sp³-hybridized carbons (Fsp3) is 0.312. The minimum absolute atomic E-state index is 0.350. The average Bonchev–Trinajstić information content (AvgIpc) is 2.47.